The smallest absolute Gasteiger partial charge is 0.241 e. The molecule has 2 aromatic rings. The molecule has 1 amide bonds. The van der Waals surface area contributed by atoms with Crippen LogP contribution in [-0.4, -0.2) is 41.7 Å². The molecule has 0 saturated heterocycles. The second-order valence-electron chi connectivity index (χ2n) is 5.08. The molecule has 4 nitrogen and oxygen atoms in total. The van der Waals surface area contributed by atoms with E-state index in [0.29, 0.717) is 6.54 Å². The maximum Gasteiger partial charge on any atom is 0.241 e. The van der Waals surface area contributed by atoms with Crippen LogP contribution in [0, 0.1) is 0 Å². The first-order valence-corrected chi connectivity index (χ1v) is 7.30. The van der Waals surface area contributed by atoms with Gasteiger partial charge >= 0.3 is 0 Å². The Morgan fingerprint density at radius 3 is 2.62 bits per heavy atom. The molecule has 0 aliphatic carbocycles. The molecule has 0 bridgehead atoms. The Hall–Kier alpha value is -1.91. The van der Waals surface area contributed by atoms with Crippen LogP contribution in [0.25, 0.3) is 10.8 Å². The van der Waals surface area contributed by atoms with Gasteiger partial charge in [-0.1, -0.05) is 37.3 Å². The Bertz CT molecular complexity index is 613. The molecule has 4 heteroatoms. The Morgan fingerprint density at radius 2 is 1.95 bits per heavy atom. The average molecular weight is 286 g/mol. The fourth-order valence-electron chi connectivity index (χ4n) is 2.43. The van der Waals surface area contributed by atoms with Gasteiger partial charge < -0.3 is 10.4 Å². The third-order valence-electron chi connectivity index (χ3n) is 3.74. The molecule has 1 atom stereocenters. The maximum atomic E-state index is 12.3. The van der Waals surface area contributed by atoms with E-state index in [0.717, 1.165) is 23.0 Å². The minimum Gasteiger partial charge on any atom is -0.395 e. The summed E-state index contributed by atoms with van der Waals surface area (Å²) in [6.45, 7) is 5.13. The quantitative estimate of drug-likeness (QED) is 0.858. The number of nitrogens with zero attached hydrogens (tertiary/aromatic N) is 1. The van der Waals surface area contributed by atoms with E-state index < -0.39 is 0 Å². The molecule has 21 heavy (non-hydrogen) atoms. The molecule has 0 spiro atoms. The van der Waals surface area contributed by atoms with E-state index in [1.165, 1.54) is 0 Å². The summed E-state index contributed by atoms with van der Waals surface area (Å²) in [6.07, 6.45) is 0. The highest BCUT2D eigenvalue weighted by molar-refractivity contribution is 5.97. The van der Waals surface area contributed by atoms with Crippen molar-refractivity contribution >= 4 is 22.4 Å². The summed E-state index contributed by atoms with van der Waals surface area (Å²) in [4.78, 5) is 14.2. The SMILES string of the molecule is CCN(CCO)C(C)C(=O)Nc1ccc2ccccc2c1. The van der Waals surface area contributed by atoms with E-state index in [-0.39, 0.29) is 18.6 Å². The van der Waals surface area contributed by atoms with Crippen molar-refractivity contribution in [2.75, 3.05) is 25.0 Å². The molecule has 0 aromatic heterocycles. The number of anilines is 1. The third-order valence-corrected chi connectivity index (χ3v) is 3.74. The lowest BCUT2D eigenvalue weighted by atomic mass is 10.1. The number of benzene rings is 2. The fourth-order valence-corrected chi connectivity index (χ4v) is 2.43. The van der Waals surface area contributed by atoms with Gasteiger partial charge in [0, 0.05) is 12.2 Å². The summed E-state index contributed by atoms with van der Waals surface area (Å²) in [6, 6.07) is 13.7. The molecule has 0 heterocycles. The highest BCUT2D eigenvalue weighted by Crippen LogP contribution is 2.19. The van der Waals surface area contributed by atoms with Crippen LogP contribution >= 0.6 is 0 Å². The third kappa shape index (κ3) is 3.80. The van der Waals surface area contributed by atoms with Gasteiger partial charge in [-0.05, 0) is 36.4 Å². The van der Waals surface area contributed by atoms with Crippen molar-refractivity contribution in [2.24, 2.45) is 0 Å². The van der Waals surface area contributed by atoms with Crippen molar-refractivity contribution in [3.05, 3.63) is 42.5 Å². The van der Waals surface area contributed by atoms with Crippen LogP contribution in [0.3, 0.4) is 0 Å². The second-order valence-corrected chi connectivity index (χ2v) is 5.08. The van der Waals surface area contributed by atoms with Crippen LogP contribution in [0.5, 0.6) is 0 Å². The highest BCUT2D eigenvalue weighted by atomic mass is 16.3. The Kier molecular flexibility index (Phi) is 5.31. The van der Waals surface area contributed by atoms with Gasteiger partial charge in [-0.3, -0.25) is 9.69 Å². The molecule has 2 rings (SSSR count). The van der Waals surface area contributed by atoms with Crippen molar-refractivity contribution < 1.29 is 9.90 Å². The monoisotopic (exact) mass is 286 g/mol. The van der Waals surface area contributed by atoms with Crippen LogP contribution in [0.15, 0.2) is 42.5 Å². The maximum absolute atomic E-state index is 12.3. The van der Waals surface area contributed by atoms with E-state index in [2.05, 4.69) is 5.32 Å². The number of aliphatic hydroxyl groups excluding tert-OH is 1. The van der Waals surface area contributed by atoms with Gasteiger partial charge in [0.25, 0.3) is 0 Å². The van der Waals surface area contributed by atoms with E-state index in [1.807, 2.05) is 61.2 Å². The minimum absolute atomic E-state index is 0.0550. The minimum atomic E-state index is -0.270. The standard InChI is InChI=1S/C17H22N2O2/c1-3-19(10-11-20)13(2)17(21)18-16-9-8-14-6-4-5-7-15(14)12-16/h4-9,12-13,20H,3,10-11H2,1-2H3,(H,18,21). The lowest BCUT2D eigenvalue weighted by Gasteiger charge is -2.26. The summed E-state index contributed by atoms with van der Waals surface area (Å²) in [5, 5.41) is 14.2. The number of fused-ring (bicyclic) bond motifs is 1. The molecule has 112 valence electrons. The number of carbonyl (C=O) groups excluding carboxylic acids is 1. The van der Waals surface area contributed by atoms with Gasteiger partial charge in [-0.25, -0.2) is 0 Å². The molecular weight excluding hydrogens is 264 g/mol. The lowest BCUT2D eigenvalue weighted by molar-refractivity contribution is -0.120. The molecule has 0 radical (unpaired) electrons. The first kappa shape index (κ1) is 15.5. The van der Waals surface area contributed by atoms with E-state index in [4.69, 9.17) is 5.11 Å². The zero-order valence-electron chi connectivity index (χ0n) is 12.5. The number of amides is 1. The Morgan fingerprint density at radius 1 is 1.24 bits per heavy atom. The number of hydrogen-bond acceptors (Lipinski definition) is 3. The normalized spacial score (nSPS) is 12.6. The molecule has 2 N–H and O–H groups in total. The van der Waals surface area contributed by atoms with Crippen LogP contribution in [0.2, 0.25) is 0 Å². The fraction of sp³-hybridized carbons (Fsp3) is 0.353. The van der Waals surface area contributed by atoms with Crippen LogP contribution in [0.4, 0.5) is 5.69 Å². The largest absolute Gasteiger partial charge is 0.395 e. The second kappa shape index (κ2) is 7.20. The number of carbonyl (C=O) groups is 1. The van der Waals surface area contributed by atoms with E-state index in [1.54, 1.807) is 0 Å². The van der Waals surface area contributed by atoms with Crippen LogP contribution in [-0.2, 0) is 4.79 Å². The molecule has 2 aromatic carbocycles. The predicted molar refractivity (Wildman–Crippen MR) is 86.4 cm³/mol. The van der Waals surface area contributed by atoms with Gasteiger partial charge in [0.1, 0.15) is 0 Å². The molecule has 0 fully saturated rings. The van der Waals surface area contributed by atoms with E-state index in [9.17, 15) is 4.79 Å². The summed E-state index contributed by atoms with van der Waals surface area (Å²) in [7, 11) is 0. The average Bonchev–Trinajstić information content (AvgIpc) is 2.51. The van der Waals surface area contributed by atoms with Crippen molar-refractivity contribution in [1.82, 2.24) is 4.90 Å². The van der Waals surface area contributed by atoms with Crippen molar-refractivity contribution in [1.29, 1.82) is 0 Å². The predicted octanol–water partition coefficient (Wildman–Crippen LogP) is 2.48. The first-order valence-electron chi connectivity index (χ1n) is 7.30. The van der Waals surface area contributed by atoms with Crippen molar-refractivity contribution in [3.8, 4) is 0 Å². The molecule has 1 unspecified atom stereocenters. The number of nitrogens with one attached hydrogen (secondary N) is 1. The number of rotatable bonds is 6. The van der Waals surface area contributed by atoms with E-state index >= 15 is 0 Å². The first-order chi connectivity index (χ1) is 10.2. The van der Waals surface area contributed by atoms with Crippen molar-refractivity contribution in [3.63, 3.8) is 0 Å². The highest BCUT2D eigenvalue weighted by Gasteiger charge is 2.19. The van der Waals surface area contributed by atoms with Gasteiger partial charge in [0.05, 0.1) is 12.6 Å². The van der Waals surface area contributed by atoms with Gasteiger partial charge in [-0.2, -0.15) is 0 Å². The van der Waals surface area contributed by atoms with Crippen LogP contribution < -0.4 is 5.32 Å². The summed E-state index contributed by atoms with van der Waals surface area (Å²) in [5.41, 5.74) is 0.797. The number of likely N-dealkylation sites (N-methyl/N-ethyl adjacent to an activating group) is 1. The number of hydrogen-bond donors (Lipinski definition) is 2. The van der Waals surface area contributed by atoms with Crippen LogP contribution in [0.1, 0.15) is 13.8 Å². The Labute approximate surface area is 125 Å². The van der Waals surface area contributed by atoms with Gasteiger partial charge in [0.15, 0.2) is 0 Å². The molecule has 0 aliphatic heterocycles. The van der Waals surface area contributed by atoms with Gasteiger partial charge in [-0.15, -0.1) is 0 Å². The Balaban J connectivity index is 2.09. The van der Waals surface area contributed by atoms with Gasteiger partial charge in [0.2, 0.25) is 5.91 Å². The molecular formula is C17H22N2O2. The number of aliphatic hydroxyl groups is 1. The van der Waals surface area contributed by atoms with Crippen molar-refractivity contribution in [2.45, 2.75) is 19.9 Å². The lowest BCUT2D eigenvalue weighted by Crippen LogP contribution is -2.43. The summed E-state index contributed by atoms with van der Waals surface area (Å²) in [5.74, 6) is -0.0550. The molecule has 0 saturated carbocycles. The topological polar surface area (TPSA) is 52.6 Å². The zero-order chi connectivity index (χ0) is 15.2. The summed E-state index contributed by atoms with van der Waals surface area (Å²) < 4.78 is 0. The summed E-state index contributed by atoms with van der Waals surface area (Å²) >= 11 is 0. The zero-order valence-corrected chi connectivity index (χ0v) is 12.5. The molecule has 0 aliphatic rings.